The number of thiocarbonyl (C=S) groups is 1. The second kappa shape index (κ2) is 8.13. The number of hydrogen-bond donors (Lipinski definition) is 2. The average molecular weight is 487 g/mol. The molecule has 0 spiro atoms. The van der Waals surface area contributed by atoms with Crippen molar-refractivity contribution in [2.75, 3.05) is 10.2 Å². The summed E-state index contributed by atoms with van der Waals surface area (Å²) in [5.74, 6) is 0.640. The van der Waals surface area contributed by atoms with Gasteiger partial charge in [0, 0.05) is 15.7 Å². The molecule has 0 fully saturated rings. The molecule has 0 aliphatic carbocycles. The Kier molecular flexibility index (Phi) is 5.32. The maximum Gasteiger partial charge on any atom is 0.202 e. The summed E-state index contributed by atoms with van der Waals surface area (Å²) in [5, 5.41) is 5.51. The summed E-state index contributed by atoms with van der Waals surface area (Å²) in [6.07, 6.45) is 1.66. The van der Waals surface area contributed by atoms with Crippen LogP contribution in [0, 0.1) is 0 Å². The molecule has 5 rings (SSSR count). The van der Waals surface area contributed by atoms with Crippen LogP contribution in [0.3, 0.4) is 0 Å². The minimum Gasteiger partial charge on any atom is -0.345 e. The first-order valence-corrected chi connectivity index (χ1v) is 10.9. The Hall–Kier alpha value is -2.64. The minimum atomic E-state index is -0.305. The standard InChI is InChI=1S/C22H14Cl3N5S/c23-13-3-1-12(2-4-13)20-21(28-18-9-14(24)5-7-16(18)25)29-22(31)30(20)15-6-8-17-19(10-15)27-11-26-17/h1-11,20H,(H,26,27)(H,28,29,31). The first-order valence-electron chi connectivity index (χ1n) is 9.32. The molecular formula is C22H14Cl3N5S. The molecule has 3 aromatic carbocycles. The summed E-state index contributed by atoms with van der Waals surface area (Å²) in [6.45, 7) is 0. The van der Waals surface area contributed by atoms with E-state index < -0.39 is 0 Å². The van der Waals surface area contributed by atoms with Crippen LogP contribution < -0.4 is 10.2 Å². The van der Waals surface area contributed by atoms with E-state index in [1.54, 1.807) is 24.5 Å². The highest BCUT2D eigenvalue weighted by atomic mass is 35.5. The normalized spacial score (nSPS) is 16.1. The monoisotopic (exact) mass is 485 g/mol. The number of benzene rings is 3. The number of anilines is 2. The SMILES string of the molecule is S=C1N=C(Nc2cc(Cl)ccc2Cl)C(c2ccc(Cl)cc2)N1c1ccc2nc[nH]c2c1. The number of fused-ring (bicyclic) bond motifs is 1. The fraction of sp³-hybridized carbons (Fsp3) is 0.0455. The highest BCUT2D eigenvalue weighted by molar-refractivity contribution is 7.80. The third kappa shape index (κ3) is 3.88. The Morgan fingerprint density at radius 2 is 1.71 bits per heavy atom. The van der Waals surface area contributed by atoms with Crippen LogP contribution in [0.15, 0.2) is 72.0 Å². The van der Waals surface area contributed by atoms with E-state index in [1.807, 2.05) is 47.4 Å². The molecule has 4 aromatic rings. The second-order valence-electron chi connectivity index (χ2n) is 6.96. The van der Waals surface area contributed by atoms with Crippen molar-refractivity contribution in [3.63, 3.8) is 0 Å². The first kappa shape index (κ1) is 20.3. The zero-order valence-corrected chi connectivity index (χ0v) is 18.9. The molecule has 154 valence electrons. The number of hydrogen-bond acceptors (Lipinski definition) is 3. The number of nitrogens with one attached hydrogen (secondary N) is 2. The average Bonchev–Trinajstić information content (AvgIpc) is 3.34. The lowest BCUT2D eigenvalue weighted by molar-refractivity contribution is 0.948. The van der Waals surface area contributed by atoms with Crippen molar-refractivity contribution in [2.45, 2.75) is 6.04 Å². The van der Waals surface area contributed by atoms with E-state index in [2.05, 4.69) is 20.3 Å². The molecule has 5 nitrogen and oxygen atoms in total. The van der Waals surface area contributed by atoms with Crippen LogP contribution in [0.4, 0.5) is 11.4 Å². The number of halogens is 3. The molecule has 0 saturated heterocycles. The van der Waals surface area contributed by atoms with Crippen LogP contribution in [0.25, 0.3) is 11.0 Å². The van der Waals surface area contributed by atoms with Gasteiger partial charge in [-0.3, -0.25) is 0 Å². The molecule has 31 heavy (non-hydrogen) atoms. The number of aromatic amines is 1. The van der Waals surface area contributed by atoms with Crippen molar-refractivity contribution in [2.24, 2.45) is 4.99 Å². The fourth-order valence-electron chi connectivity index (χ4n) is 3.56. The molecule has 1 unspecified atom stereocenters. The third-order valence-electron chi connectivity index (χ3n) is 5.00. The molecule has 9 heteroatoms. The lowest BCUT2D eigenvalue weighted by Crippen LogP contribution is -2.33. The molecule has 1 atom stereocenters. The largest absolute Gasteiger partial charge is 0.345 e. The molecule has 1 aromatic heterocycles. The van der Waals surface area contributed by atoms with Crippen LogP contribution in [0.1, 0.15) is 11.6 Å². The molecule has 0 bridgehead atoms. The van der Waals surface area contributed by atoms with Gasteiger partial charge in [0.05, 0.1) is 28.1 Å². The summed E-state index contributed by atoms with van der Waals surface area (Å²) in [7, 11) is 0. The van der Waals surface area contributed by atoms with Crippen LogP contribution in [0.5, 0.6) is 0 Å². The number of nitrogens with zero attached hydrogens (tertiary/aromatic N) is 3. The first-order chi connectivity index (χ1) is 15.0. The van der Waals surface area contributed by atoms with Gasteiger partial charge >= 0.3 is 0 Å². The lowest BCUT2D eigenvalue weighted by Gasteiger charge is -2.27. The van der Waals surface area contributed by atoms with Crippen molar-refractivity contribution in [1.82, 2.24) is 9.97 Å². The predicted molar refractivity (Wildman–Crippen MR) is 133 cm³/mol. The van der Waals surface area contributed by atoms with Gasteiger partial charge in [0.25, 0.3) is 0 Å². The van der Waals surface area contributed by atoms with Gasteiger partial charge in [-0.15, -0.1) is 0 Å². The van der Waals surface area contributed by atoms with Crippen molar-refractivity contribution in [1.29, 1.82) is 0 Å². The van der Waals surface area contributed by atoms with Gasteiger partial charge in [-0.05, 0) is 66.3 Å². The summed E-state index contributed by atoms with van der Waals surface area (Å²) in [5.41, 5.74) is 4.30. The summed E-state index contributed by atoms with van der Waals surface area (Å²) in [4.78, 5) is 14.1. The maximum atomic E-state index is 6.38. The van der Waals surface area contributed by atoms with Gasteiger partial charge in [0.1, 0.15) is 11.9 Å². The zero-order valence-electron chi connectivity index (χ0n) is 15.8. The fourth-order valence-corrected chi connectivity index (χ4v) is 4.34. The number of imidazole rings is 1. The Morgan fingerprint density at radius 3 is 2.52 bits per heavy atom. The Labute approximate surface area is 198 Å². The smallest absolute Gasteiger partial charge is 0.202 e. The third-order valence-corrected chi connectivity index (χ3v) is 6.10. The van der Waals surface area contributed by atoms with E-state index in [0.717, 1.165) is 22.3 Å². The van der Waals surface area contributed by atoms with E-state index in [9.17, 15) is 0 Å². The number of aromatic nitrogens is 2. The highest BCUT2D eigenvalue weighted by Crippen LogP contribution is 2.37. The molecule has 2 N–H and O–H groups in total. The van der Waals surface area contributed by atoms with E-state index in [1.165, 1.54) is 0 Å². The molecule has 0 radical (unpaired) electrons. The van der Waals surface area contributed by atoms with Crippen molar-refractivity contribution in [3.8, 4) is 0 Å². The molecule has 2 heterocycles. The lowest BCUT2D eigenvalue weighted by atomic mass is 10.0. The van der Waals surface area contributed by atoms with E-state index in [-0.39, 0.29) is 6.04 Å². The Balaban J connectivity index is 1.60. The topological polar surface area (TPSA) is 56.3 Å². The van der Waals surface area contributed by atoms with Crippen LogP contribution in [0.2, 0.25) is 15.1 Å². The van der Waals surface area contributed by atoms with E-state index >= 15 is 0 Å². The number of H-pyrrole nitrogens is 1. The minimum absolute atomic E-state index is 0.305. The van der Waals surface area contributed by atoms with Gasteiger partial charge in [-0.25, -0.2) is 9.98 Å². The summed E-state index contributed by atoms with van der Waals surface area (Å²) in [6, 6.07) is 18.5. The summed E-state index contributed by atoms with van der Waals surface area (Å²) < 4.78 is 0. The maximum absolute atomic E-state index is 6.38. The Bertz CT molecular complexity index is 1330. The number of rotatable bonds is 3. The van der Waals surface area contributed by atoms with Gasteiger partial charge in [-0.2, -0.15) is 0 Å². The van der Waals surface area contributed by atoms with Crippen molar-refractivity contribution >= 4 is 80.4 Å². The van der Waals surface area contributed by atoms with Gasteiger partial charge in [-0.1, -0.05) is 46.9 Å². The van der Waals surface area contributed by atoms with Crippen molar-refractivity contribution < 1.29 is 0 Å². The summed E-state index contributed by atoms with van der Waals surface area (Å²) >= 11 is 24.3. The highest BCUT2D eigenvalue weighted by Gasteiger charge is 2.35. The van der Waals surface area contributed by atoms with Gasteiger partial charge in [0.2, 0.25) is 5.11 Å². The molecule has 0 saturated carbocycles. The molecule has 0 amide bonds. The van der Waals surface area contributed by atoms with Gasteiger partial charge in [0.15, 0.2) is 0 Å². The van der Waals surface area contributed by atoms with Crippen molar-refractivity contribution in [3.05, 3.63) is 87.6 Å². The van der Waals surface area contributed by atoms with Crippen LogP contribution in [-0.4, -0.2) is 20.9 Å². The quantitative estimate of drug-likeness (QED) is 0.310. The second-order valence-corrected chi connectivity index (χ2v) is 8.60. The molecule has 1 aliphatic heterocycles. The molecule has 1 aliphatic rings. The van der Waals surface area contributed by atoms with E-state index in [0.29, 0.717) is 31.7 Å². The Morgan fingerprint density at radius 1 is 0.935 bits per heavy atom. The van der Waals surface area contributed by atoms with E-state index in [4.69, 9.17) is 47.0 Å². The van der Waals surface area contributed by atoms with Crippen LogP contribution >= 0.6 is 47.0 Å². The number of amidine groups is 1. The van der Waals surface area contributed by atoms with Crippen LogP contribution in [-0.2, 0) is 0 Å². The van der Waals surface area contributed by atoms with Gasteiger partial charge < -0.3 is 15.2 Å². The zero-order chi connectivity index (χ0) is 21.5. The predicted octanol–water partition coefficient (Wildman–Crippen LogP) is 6.88. The molecular weight excluding hydrogens is 473 g/mol. The number of aliphatic imine (C=N–C) groups is 1.